The van der Waals surface area contributed by atoms with Gasteiger partial charge in [0.25, 0.3) is 6.08 Å². The number of hydrogen-bond donors (Lipinski definition) is 1. The molecule has 0 unspecified atom stereocenters. The van der Waals surface area contributed by atoms with Crippen LogP contribution in [0.3, 0.4) is 0 Å². The first-order valence-electron chi connectivity index (χ1n) is 4.40. The van der Waals surface area contributed by atoms with Crippen molar-refractivity contribution in [3.8, 4) is 0 Å². The molecule has 82 valence electrons. The van der Waals surface area contributed by atoms with E-state index in [9.17, 15) is 13.6 Å². The van der Waals surface area contributed by atoms with Gasteiger partial charge < -0.3 is 4.52 Å². The Labute approximate surface area is 84.9 Å². The number of carbonyl (C=O) groups is 1. The third kappa shape index (κ3) is 4.90. The zero-order valence-corrected chi connectivity index (χ0v) is 7.87. The van der Waals surface area contributed by atoms with Gasteiger partial charge in [0.05, 0.1) is 6.20 Å². The molecule has 0 aliphatic carbocycles. The van der Waals surface area contributed by atoms with E-state index in [-0.39, 0.29) is 24.6 Å². The number of aromatic nitrogens is 1. The first kappa shape index (κ1) is 11.4. The van der Waals surface area contributed by atoms with Gasteiger partial charge in [0.2, 0.25) is 11.8 Å². The highest BCUT2D eigenvalue weighted by Gasteiger charge is 2.03. The van der Waals surface area contributed by atoms with Gasteiger partial charge in [0.1, 0.15) is 0 Å². The van der Waals surface area contributed by atoms with Gasteiger partial charge in [-0.1, -0.05) is 5.16 Å². The molecule has 0 aromatic carbocycles. The molecule has 0 aliphatic rings. The van der Waals surface area contributed by atoms with E-state index < -0.39 is 6.08 Å². The smallest absolute Gasteiger partial charge is 0.266 e. The third-order valence-electron chi connectivity index (χ3n) is 1.61. The fourth-order valence-corrected chi connectivity index (χ4v) is 0.954. The molecule has 1 aromatic rings. The van der Waals surface area contributed by atoms with E-state index in [4.69, 9.17) is 0 Å². The van der Waals surface area contributed by atoms with Crippen LogP contribution < -0.4 is 5.32 Å². The molecule has 4 nitrogen and oxygen atoms in total. The monoisotopic (exact) mass is 216 g/mol. The maximum absolute atomic E-state index is 11.6. The Morgan fingerprint density at radius 3 is 3.00 bits per heavy atom. The van der Waals surface area contributed by atoms with Crippen LogP contribution in [0.2, 0.25) is 0 Å². The molecule has 0 saturated carbocycles. The van der Waals surface area contributed by atoms with Gasteiger partial charge in [-0.25, -0.2) is 0 Å². The summed E-state index contributed by atoms with van der Waals surface area (Å²) in [7, 11) is 0. The normalized spacial score (nSPS) is 9.73. The molecule has 0 bridgehead atoms. The van der Waals surface area contributed by atoms with Gasteiger partial charge in [-0.15, -0.1) is 0 Å². The van der Waals surface area contributed by atoms with Crippen LogP contribution in [0.1, 0.15) is 19.3 Å². The predicted octanol–water partition coefficient (Wildman–Crippen LogP) is 2.56. The second-order valence-electron chi connectivity index (χ2n) is 2.81. The minimum atomic E-state index is -1.72. The van der Waals surface area contributed by atoms with Crippen LogP contribution >= 0.6 is 0 Å². The minimum absolute atomic E-state index is 0.171. The molecule has 15 heavy (non-hydrogen) atoms. The summed E-state index contributed by atoms with van der Waals surface area (Å²) in [6.07, 6.45) is 1.21. The van der Waals surface area contributed by atoms with Crippen molar-refractivity contribution in [1.29, 1.82) is 0 Å². The van der Waals surface area contributed by atoms with E-state index in [1.54, 1.807) is 0 Å². The van der Waals surface area contributed by atoms with Crippen molar-refractivity contribution in [3.63, 3.8) is 0 Å². The Hall–Kier alpha value is -1.72. The van der Waals surface area contributed by atoms with Crippen LogP contribution in [-0.2, 0) is 4.79 Å². The van der Waals surface area contributed by atoms with E-state index in [1.807, 2.05) is 0 Å². The Bertz CT molecular complexity index is 332. The summed E-state index contributed by atoms with van der Waals surface area (Å²) >= 11 is 0. The summed E-state index contributed by atoms with van der Waals surface area (Å²) in [4.78, 5) is 11.1. The van der Waals surface area contributed by atoms with Gasteiger partial charge >= 0.3 is 0 Å². The Balaban J connectivity index is 2.17. The quantitative estimate of drug-likeness (QED) is 0.769. The Kier molecular flexibility index (Phi) is 4.46. The average molecular weight is 216 g/mol. The molecule has 6 heteroatoms. The lowest BCUT2D eigenvalue weighted by Gasteiger charge is -1.98. The molecule has 1 aromatic heterocycles. The van der Waals surface area contributed by atoms with Crippen LogP contribution in [0.5, 0.6) is 0 Å². The number of allylic oxidation sites excluding steroid dienone is 1. The molecule has 0 aliphatic heterocycles. The number of rotatable bonds is 5. The highest BCUT2D eigenvalue weighted by molar-refractivity contribution is 5.89. The standard InChI is InChI=1S/C9H10F2N2O2/c10-7(11)3-1-2-4-8(14)13-9-5-6-12-15-9/h3,5-6H,1-2,4H2,(H,13,14). The van der Waals surface area contributed by atoms with Crippen LogP contribution in [0.15, 0.2) is 28.9 Å². The van der Waals surface area contributed by atoms with Crippen molar-refractivity contribution < 1.29 is 18.1 Å². The van der Waals surface area contributed by atoms with Gasteiger partial charge in [0, 0.05) is 12.5 Å². The molecule has 0 spiro atoms. The van der Waals surface area contributed by atoms with Crippen molar-refractivity contribution in [3.05, 3.63) is 24.4 Å². The van der Waals surface area contributed by atoms with Crippen LogP contribution in [0, 0.1) is 0 Å². The Morgan fingerprint density at radius 2 is 2.40 bits per heavy atom. The molecular weight excluding hydrogens is 206 g/mol. The van der Waals surface area contributed by atoms with Gasteiger partial charge in [-0.3, -0.25) is 10.1 Å². The lowest BCUT2D eigenvalue weighted by Crippen LogP contribution is -2.10. The third-order valence-corrected chi connectivity index (χ3v) is 1.61. The SMILES string of the molecule is O=C(CCCC=C(F)F)Nc1ccno1. The minimum Gasteiger partial charge on any atom is -0.338 e. The average Bonchev–Trinajstić information content (AvgIpc) is 2.64. The Morgan fingerprint density at radius 1 is 1.60 bits per heavy atom. The van der Waals surface area contributed by atoms with E-state index >= 15 is 0 Å². The summed E-state index contributed by atoms with van der Waals surface area (Å²) in [5.74, 6) is -0.0216. The van der Waals surface area contributed by atoms with Crippen molar-refractivity contribution in [2.24, 2.45) is 0 Å². The zero-order chi connectivity index (χ0) is 11.1. The number of halogens is 2. The summed E-state index contributed by atoms with van der Waals surface area (Å²) in [5, 5.41) is 5.83. The zero-order valence-electron chi connectivity index (χ0n) is 7.87. The molecule has 1 heterocycles. The molecule has 0 atom stereocenters. The number of anilines is 1. The van der Waals surface area contributed by atoms with E-state index in [1.165, 1.54) is 12.3 Å². The number of nitrogens with zero attached hydrogens (tertiary/aromatic N) is 1. The first-order chi connectivity index (χ1) is 7.18. The summed E-state index contributed by atoms with van der Waals surface area (Å²) in [6.45, 7) is 0. The molecule has 0 radical (unpaired) electrons. The van der Waals surface area contributed by atoms with Gasteiger partial charge in [-0.2, -0.15) is 8.78 Å². The number of nitrogens with one attached hydrogen (secondary N) is 1. The lowest BCUT2D eigenvalue weighted by molar-refractivity contribution is -0.116. The number of hydrogen-bond acceptors (Lipinski definition) is 3. The largest absolute Gasteiger partial charge is 0.338 e. The molecule has 1 amide bonds. The van der Waals surface area contributed by atoms with Gasteiger partial charge in [0.15, 0.2) is 0 Å². The van der Waals surface area contributed by atoms with Crippen molar-refractivity contribution in [2.45, 2.75) is 19.3 Å². The number of carbonyl (C=O) groups excluding carboxylic acids is 1. The van der Waals surface area contributed by atoms with E-state index in [0.717, 1.165) is 6.08 Å². The van der Waals surface area contributed by atoms with Crippen molar-refractivity contribution in [2.75, 3.05) is 5.32 Å². The second-order valence-corrected chi connectivity index (χ2v) is 2.81. The highest BCUT2D eigenvalue weighted by Crippen LogP contribution is 2.07. The molecular formula is C9H10F2N2O2. The summed E-state index contributed by atoms with van der Waals surface area (Å²) < 4.78 is 27.8. The van der Waals surface area contributed by atoms with Crippen LogP contribution in [0.25, 0.3) is 0 Å². The number of unbranched alkanes of at least 4 members (excludes halogenated alkanes) is 1. The topological polar surface area (TPSA) is 55.1 Å². The van der Waals surface area contributed by atoms with Gasteiger partial charge in [-0.05, 0) is 18.9 Å². The lowest BCUT2D eigenvalue weighted by atomic mass is 10.2. The molecule has 1 rings (SSSR count). The fourth-order valence-electron chi connectivity index (χ4n) is 0.954. The molecule has 0 saturated heterocycles. The summed E-state index contributed by atoms with van der Waals surface area (Å²) in [6, 6.07) is 1.50. The highest BCUT2D eigenvalue weighted by atomic mass is 19.3. The molecule has 0 fully saturated rings. The number of amides is 1. The predicted molar refractivity (Wildman–Crippen MR) is 49.3 cm³/mol. The second kappa shape index (κ2) is 5.90. The maximum atomic E-state index is 11.6. The first-order valence-corrected chi connectivity index (χ1v) is 4.40. The summed E-state index contributed by atoms with van der Waals surface area (Å²) in [5.41, 5.74) is 0. The fraction of sp³-hybridized carbons (Fsp3) is 0.333. The van der Waals surface area contributed by atoms with Crippen LogP contribution in [0.4, 0.5) is 14.7 Å². The maximum Gasteiger partial charge on any atom is 0.266 e. The van der Waals surface area contributed by atoms with Crippen molar-refractivity contribution >= 4 is 11.8 Å². The molecule has 1 N–H and O–H groups in total. The van der Waals surface area contributed by atoms with Crippen LogP contribution in [-0.4, -0.2) is 11.1 Å². The van der Waals surface area contributed by atoms with E-state index in [0.29, 0.717) is 6.42 Å². The van der Waals surface area contributed by atoms with E-state index in [2.05, 4.69) is 15.0 Å². The van der Waals surface area contributed by atoms with Crippen molar-refractivity contribution in [1.82, 2.24) is 5.16 Å².